The largest absolute Gasteiger partial charge is 0.317 e. The van der Waals surface area contributed by atoms with Crippen LogP contribution in [0.4, 0.5) is 0 Å². The van der Waals surface area contributed by atoms with Gasteiger partial charge in [-0.25, -0.2) is 0 Å². The van der Waals surface area contributed by atoms with Crippen molar-refractivity contribution in [3.8, 4) is 0 Å². The highest BCUT2D eigenvalue weighted by molar-refractivity contribution is 6.05. The van der Waals surface area contributed by atoms with Crippen molar-refractivity contribution in [3.63, 3.8) is 0 Å². The number of hydrogen-bond donors (Lipinski definition) is 1. The van der Waals surface area contributed by atoms with Crippen molar-refractivity contribution >= 4 is 11.8 Å². The van der Waals surface area contributed by atoms with E-state index in [1.165, 1.54) is 4.90 Å². The Morgan fingerprint density at radius 1 is 1.22 bits per heavy atom. The minimum atomic E-state index is 0.0220. The molecule has 3 unspecified atom stereocenters. The quantitative estimate of drug-likeness (QED) is 0.576. The number of nitrogens with one attached hydrogen (secondary N) is 1. The molecule has 0 aromatic carbocycles. The van der Waals surface area contributed by atoms with E-state index in [0.29, 0.717) is 12.6 Å². The van der Waals surface area contributed by atoms with E-state index in [-0.39, 0.29) is 23.7 Å². The number of unbranched alkanes of at least 4 members (excludes halogenated alkanes) is 1. The van der Waals surface area contributed by atoms with Crippen LogP contribution in [-0.2, 0) is 9.59 Å². The molecule has 0 aromatic heterocycles. The van der Waals surface area contributed by atoms with Gasteiger partial charge in [0, 0.05) is 12.6 Å². The molecule has 2 fully saturated rings. The molecule has 1 saturated heterocycles. The van der Waals surface area contributed by atoms with Crippen LogP contribution in [0.3, 0.4) is 0 Å². The number of likely N-dealkylation sites (tertiary alicyclic amines) is 1. The molecular formula is C14H24N2O2. The lowest BCUT2D eigenvalue weighted by atomic mass is 10.00. The molecule has 3 atom stereocenters. The Hall–Kier alpha value is -0.900. The van der Waals surface area contributed by atoms with Crippen molar-refractivity contribution in [2.24, 2.45) is 11.8 Å². The second-order valence-corrected chi connectivity index (χ2v) is 5.66. The van der Waals surface area contributed by atoms with E-state index in [4.69, 9.17) is 0 Å². The third-order valence-corrected chi connectivity index (χ3v) is 4.44. The summed E-state index contributed by atoms with van der Waals surface area (Å²) in [7, 11) is 1.96. The van der Waals surface area contributed by atoms with Crippen molar-refractivity contribution in [2.45, 2.75) is 51.5 Å². The fraction of sp³-hybridized carbons (Fsp3) is 0.857. The van der Waals surface area contributed by atoms with Crippen LogP contribution in [0, 0.1) is 11.8 Å². The number of fused-ring (bicyclic) bond motifs is 1. The maximum absolute atomic E-state index is 12.1. The lowest BCUT2D eigenvalue weighted by Gasteiger charge is -2.16. The van der Waals surface area contributed by atoms with Crippen LogP contribution < -0.4 is 5.32 Å². The third-order valence-electron chi connectivity index (χ3n) is 4.44. The number of rotatable bonds is 6. The minimum Gasteiger partial charge on any atom is -0.317 e. The molecule has 1 heterocycles. The van der Waals surface area contributed by atoms with E-state index >= 15 is 0 Å². The van der Waals surface area contributed by atoms with E-state index < -0.39 is 0 Å². The van der Waals surface area contributed by atoms with Gasteiger partial charge in [0.2, 0.25) is 11.8 Å². The first-order valence-corrected chi connectivity index (χ1v) is 7.17. The Balaban J connectivity index is 1.76. The van der Waals surface area contributed by atoms with Gasteiger partial charge in [0.1, 0.15) is 0 Å². The van der Waals surface area contributed by atoms with Crippen LogP contribution >= 0.6 is 0 Å². The van der Waals surface area contributed by atoms with E-state index in [9.17, 15) is 9.59 Å². The van der Waals surface area contributed by atoms with Crippen LogP contribution in [-0.4, -0.2) is 36.3 Å². The lowest BCUT2D eigenvalue weighted by molar-refractivity contribution is -0.140. The average Bonchev–Trinajstić information content (AvgIpc) is 2.92. The van der Waals surface area contributed by atoms with Crippen molar-refractivity contribution < 1.29 is 9.59 Å². The normalized spacial score (nSPS) is 28.9. The van der Waals surface area contributed by atoms with Gasteiger partial charge in [-0.2, -0.15) is 0 Å². The fourth-order valence-electron chi connectivity index (χ4n) is 3.15. The number of carbonyl (C=O) groups is 2. The van der Waals surface area contributed by atoms with Gasteiger partial charge in [-0.1, -0.05) is 12.8 Å². The SMILES string of the molecule is CNC(C)CCCCN1C(=O)C2CCCC2C1=O. The molecule has 0 aromatic rings. The molecule has 18 heavy (non-hydrogen) atoms. The molecular weight excluding hydrogens is 228 g/mol. The standard InChI is InChI=1S/C14H24N2O2/c1-10(15-2)6-3-4-9-16-13(17)11-7-5-8-12(11)14(16)18/h10-12,15H,3-9H2,1-2H3. The molecule has 1 saturated carbocycles. The van der Waals surface area contributed by atoms with Gasteiger partial charge >= 0.3 is 0 Å². The zero-order valence-corrected chi connectivity index (χ0v) is 11.4. The molecule has 4 heteroatoms. The molecule has 0 bridgehead atoms. The smallest absolute Gasteiger partial charge is 0.233 e. The molecule has 1 aliphatic heterocycles. The molecule has 102 valence electrons. The highest BCUT2D eigenvalue weighted by atomic mass is 16.2. The van der Waals surface area contributed by atoms with Gasteiger partial charge in [-0.05, 0) is 39.7 Å². The summed E-state index contributed by atoms with van der Waals surface area (Å²) in [6.45, 7) is 2.78. The predicted molar refractivity (Wildman–Crippen MR) is 69.9 cm³/mol. The van der Waals surface area contributed by atoms with Gasteiger partial charge in [0.15, 0.2) is 0 Å². The van der Waals surface area contributed by atoms with Crippen molar-refractivity contribution in [2.75, 3.05) is 13.6 Å². The maximum atomic E-state index is 12.1. The average molecular weight is 252 g/mol. The number of nitrogens with zero attached hydrogens (tertiary/aromatic N) is 1. The Labute approximate surface area is 109 Å². The summed E-state index contributed by atoms with van der Waals surface area (Å²) in [6, 6.07) is 0.509. The van der Waals surface area contributed by atoms with Crippen LogP contribution in [0.15, 0.2) is 0 Å². The fourth-order valence-corrected chi connectivity index (χ4v) is 3.15. The zero-order valence-electron chi connectivity index (χ0n) is 11.4. The maximum Gasteiger partial charge on any atom is 0.233 e. The van der Waals surface area contributed by atoms with Gasteiger partial charge < -0.3 is 5.32 Å². The predicted octanol–water partition coefficient (Wildman–Crippen LogP) is 1.55. The Bertz CT molecular complexity index is 308. The Kier molecular flexibility index (Phi) is 4.38. The van der Waals surface area contributed by atoms with Crippen molar-refractivity contribution in [1.82, 2.24) is 10.2 Å². The van der Waals surface area contributed by atoms with Gasteiger partial charge in [-0.15, -0.1) is 0 Å². The third kappa shape index (κ3) is 2.58. The van der Waals surface area contributed by atoms with Crippen LogP contribution in [0.1, 0.15) is 45.4 Å². The van der Waals surface area contributed by atoms with Gasteiger partial charge in [-0.3, -0.25) is 14.5 Å². The summed E-state index contributed by atoms with van der Waals surface area (Å²) in [5, 5.41) is 3.20. The van der Waals surface area contributed by atoms with Crippen LogP contribution in [0.5, 0.6) is 0 Å². The Morgan fingerprint density at radius 3 is 2.39 bits per heavy atom. The number of hydrogen-bond acceptors (Lipinski definition) is 3. The lowest BCUT2D eigenvalue weighted by Crippen LogP contribution is -2.32. The molecule has 0 radical (unpaired) electrons. The van der Waals surface area contributed by atoms with Crippen LogP contribution in [0.25, 0.3) is 0 Å². The van der Waals surface area contributed by atoms with Gasteiger partial charge in [0.25, 0.3) is 0 Å². The molecule has 4 nitrogen and oxygen atoms in total. The number of amides is 2. The number of imide groups is 1. The second kappa shape index (κ2) is 5.83. The topological polar surface area (TPSA) is 49.4 Å². The molecule has 0 spiro atoms. The van der Waals surface area contributed by atoms with Crippen molar-refractivity contribution in [1.29, 1.82) is 0 Å². The first kappa shape index (κ1) is 13.5. The monoisotopic (exact) mass is 252 g/mol. The molecule has 2 rings (SSSR count). The summed E-state index contributed by atoms with van der Waals surface area (Å²) in [5.74, 6) is 0.246. The zero-order chi connectivity index (χ0) is 13.1. The molecule has 2 amide bonds. The first-order valence-electron chi connectivity index (χ1n) is 7.17. The Morgan fingerprint density at radius 2 is 1.83 bits per heavy atom. The molecule has 2 aliphatic rings. The highest BCUT2D eigenvalue weighted by Gasteiger charge is 2.49. The summed E-state index contributed by atoms with van der Waals surface area (Å²) in [4.78, 5) is 25.7. The van der Waals surface area contributed by atoms with E-state index in [0.717, 1.165) is 38.5 Å². The summed E-state index contributed by atoms with van der Waals surface area (Å²) >= 11 is 0. The first-order chi connectivity index (χ1) is 8.65. The molecule has 1 aliphatic carbocycles. The van der Waals surface area contributed by atoms with Crippen molar-refractivity contribution in [3.05, 3.63) is 0 Å². The second-order valence-electron chi connectivity index (χ2n) is 5.66. The van der Waals surface area contributed by atoms with E-state index in [2.05, 4.69) is 12.2 Å². The van der Waals surface area contributed by atoms with Gasteiger partial charge in [0.05, 0.1) is 11.8 Å². The number of carbonyl (C=O) groups excluding carboxylic acids is 2. The molecule has 1 N–H and O–H groups in total. The van der Waals surface area contributed by atoms with E-state index in [1.807, 2.05) is 7.05 Å². The van der Waals surface area contributed by atoms with E-state index in [1.54, 1.807) is 0 Å². The summed E-state index contributed by atoms with van der Waals surface area (Å²) < 4.78 is 0. The summed E-state index contributed by atoms with van der Waals surface area (Å²) in [6.07, 6.45) is 5.97. The highest BCUT2D eigenvalue weighted by Crippen LogP contribution is 2.39. The van der Waals surface area contributed by atoms with Crippen LogP contribution in [0.2, 0.25) is 0 Å². The minimum absolute atomic E-state index is 0.0220. The summed E-state index contributed by atoms with van der Waals surface area (Å²) in [5.41, 5.74) is 0.